The van der Waals surface area contributed by atoms with Crippen LogP contribution in [0.5, 0.6) is 5.75 Å². The van der Waals surface area contributed by atoms with Gasteiger partial charge >= 0.3 is 0 Å². The fourth-order valence-corrected chi connectivity index (χ4v) is 5.67. The number of H-pyrrole nitrogens is 1. The smallest absolute Gasteiger partial charge is 0.272 e. The van der Waals surface area contributed by atoms with Crippen molar-refractivity contribution in [1.82, 2.24) is 24.8 Å². The van der Waals surface area contributed by atoms with Crippen molar-refractivity contribution in [2.75, 3.05) is 19.7 Å². The van der Waals surface area contributed by atoms with E-state index in [1.54, 1.807) is 17.9 Å². The van der Waals surface area contributed by atoms with E-state index >= 15 is 0 Å². The van der Waals surface area contributed by atoms with Gasteiger partial charge in [0.15, 0.2) is 11.8 Å². The summed E-state index contributed by atoms with van der Waals surface area (Å²) in [5.41, 5.74) is 1.37. The summed E-state index contributed by atoms with van der Waals surface area (Å²) in [6.45, 7) is 3.15. The zero-order valence-corrected chi connectivity index (χ0v) is 20.5. The lowest BCUT2D eigenvalue weighted by Gasteiger charge is -2.40. The highest BCUT2D eigenvalue weighted by Gasteiger charge is 2.45. The lowest BCUT2D eigenvalue weighted by atomic mass is 9.87. The Hall–Kier alpha value is -3.73. The summed E-state index contributed by atoms with van der Waals surface area (Å²) in [6.07, 6.45) is 4.07. The van der Waals surface area contributed by atoms with Crippen LogP contribution in [0.3, 0.4) is 0 Å². The second-order valence-corrected chi connectivity index (χ2v) is 10.2. The molecule has 5 heterocycles. The van der Waals surface area contributed by atoms with E-state index in [1.807, 2.05) is 0 Å². The number of hydrogen-bond donors (Lipinski definition) is 2. The zero-order valence-electron chi connectivity index (χ0n) is 20.5. The van der Waals surface area contributed by atoms with Crippen LogP contribution in [0.1, 0.15) is 47.3 Å². The number of nitrogens with zero attached hydrogens (tertiary/aromatic N) is 3. The fourth-order valence-electron chi connectivity index (χ4n) is 5.67. The van der Waals surface area contributed by atoms with Gasteiger partial charge in [-0.1, -0.05) is 6.07 Å². The van der Waals surface area contributed by atoms with E-state index in [9.17, 15) is 18.8 Å². The third-order valence-corrected chi connectivity index (χ3v) is 7.65. The predicted molar refractivity (Wildman–Crippen MR) is 130 cm³/mol. The Bertz CT molecular complexity index is 1440. The summed E-state index contributed by atoms with van der Waals surface area (Å²) >= 11 is 0. The Labute approximate surface area is 211 Å². The van der Waals surface area contributed by atoms with Gasteiger partial charge in [0.25, 0.3) is 17.4 Å². The molecule has 2 N–H and O–H groups in total. The molecule has 10 nitrogen and oxygen atoms in total. The Morgan fingerprint density at radius 1 is 1.24 bits per heavy atom. The summed E-state index contributed by atoms with van der Waals surface area (Å²) in [5.74, 6) is -0.330. The number of hydrogen-bond acceptors (Lipinski definition) is 6. The van der Waals surface area contributed by atoms with Crippen molar-refractivity contribution in [3.05, 3.63) is 63.5 Å². The van der Waals surface area contributed by atoms with Gasteiger partial charge in [-0.05, 0) is 50.7 Å². The van der Waals surface area contributed by atoms with Crippen LogP contribution in [0.25, 0.3) is 5.65 Å². The van der Waals surface area contributed by atoms with Crippen LogP contribution in [0, 0.1) is 12.7 Å². The molecule has 11 heteroatoms. The topological polar surface area (TPSA) is 118 Å². The van der Waals surface area contributed by atoms with Gasteiger partial charge in [0.05, 0.1) is 18.2 Å². The monoisotopic (exact) mass is 509 g/mol. The third-order valence-electron chi connectivity index (χ3n) is 7.65. The first-order valence-electron chi connectivity index (χ1n) is 12.6. The third kappa shape index (κ3) is 4.37. The fraction of sp³-hybridized carbons (Fsp3) is 0.462. The summed E-state index contributed by atoms with van der Waals surface area (Å²) in [4.78, 5) is 44.3. The van der Waals surface area contributed by atoms with Crippen molar-refractivity contribution in [3.63, 3.8) is 0 Å². The molecule has 3 aliphatic heterocycles. The molecular formula is C26H28FN5O5. The van der Waals surface area contributed by atoms with Crippen molar-refractivity contribution in [1.29, 1.82) is 0 Å². The summed E-state index contributed by atoms with van der Waals surface area (Å²) in [7, 11) is 0. The number of carbonyl (C=O) groups is 2. The van der Waals surface area contributed by atoms with Gasteiger partial charge in [0.1, 0.15) is 17.1 Å². The maximum atomic E-state index is 13.6. The van der Waals surface area contributed by atoms with Crippen LogP contribution in [0.15, 0.2) is 35.3 Å². The largest absolute Gasteiger partial charge is 0.480 e. The molecule has 0 aliphatic carbocycles. The molecule has 2 atom stereocenters. The molecule has 2 amide bonds. The van der Waals surface area contributed by atoms with Gasteiger partial charge in [-0.25, -0.2) is 13.9 Å². The summed E-state index contributed by atoms with van der Waals surface area (Å²) in [6, 6.07) is 5.67. The average Bonchev–Trinajstić information content (AvgIpc) is 3.48. The molecule has 37 heavy (non-hydrogen) atoms. The van der Waals surface area contributed by atoms with Crippen LogP contribution in [0.2, 0.25) is 0 Å². The molecule has 3 aromatic rings. The molecule has 1 aromatic carbocycles. The molecule has 2 aromatic heterocycles. The van der Waals surface area contributed by atoms with Gasteiger partial charge < -0.3 is 19.7 Å². The van der Waals surface area contributed by atoms with E-state index in [2.05, 4.69) is 15.4 Å². The van der Waals surface area contributed by atoms with E-state index in [-0.39, 0.29) is 29.2 Å². The number of ether oxygens (including phenoxy) is 2. The van der Waals surface area contributed by atoms with E-state index in [0.717, 1.165) is 5.56 Å². The number of aromatic nitrogens is 3. The number of aromatic amines is 1. The first-order valence-corrected chi connectivity index (χ1v) is 12.6. The van der Waals surface area contributed by atoms with E-state index in [4.69, 9.17) is 9.47 Å². The second-order valence-electron chi connectivity index (χ2n) is 10.2. The quantitative estimate of drug-likeness (QED) is 0.556. The molecule has 0 saturated carbocycles. The van der Waals surface area contributed by atoms with Crippen LogP contribution in [0.4, 0.5) is 4.39 Å². The minimum absolute atomic E-state index is 0.0787. The highest BCUT2D eigenvalue weighted by molar-refractivity contribution is 5.99. The van der Waals surface area contributed by atoms with Crippen molar-refractivity contribution in [2.45, 2.75) is 56.8 Å². The SMILES string of the molecule is Cc1cc(=O)n2[nH]cc(C(=O)NC3COC4(CCN(C(=O)C5CCc6ccc(F)cc6O5)CC4)C3)c2n1. The van der Waals surface area contributed by atoms with E-state index < -0.39 is 11.7 Å². The Balaban J connectivity index is 1.05. The molecule has 1 spiro atoms. The average molecular weight is 510 g/mol. The first kappa shape index (κ1) is 23.7. The van der Waals surface area contributed by atoms with E-state index in [1.165, 1.54) is 28.9 Å². The number of likely N-dealkylation sites (tertiary alicyclic amines) is 1. The van der Waals surface area contributed by atoms with Crippen LogP contribution in [-0.2, 0) is 16.0 Å². The highest BCUT2D eigenvalue weighted by Crippen LogP contribution is 2.37. The van der Waals surface area contributed by atoms with Gasteiger partial charge in [0, 0.05) is 37.1 Å². The zero-order chi connectivity index (χ0) is 25.7. The van der Waals surface area contributed by atoms with Crippen LogP contribution < -0.4 is 15.6 Å². The number of carbonyl (C=O) groups excluding carboxylic acids is 2. The molecule has 194 valence electrons. The van der Waals surface area contributed by atoms with Gasteiger partial charge in [-0.3, -0.25) is 19.5 Å². The Morgan fingerprint density at radius 2 is 2.05 bits per heavy atom. The second kappa shape index (κ2) is 8.98. The summed E-state index contributed by atoms with van der Waals surface area (Å²) in [5, 5.41) is 5.79. The van der Waals surface area contributed by atoms with Gasteiger partial charge in [-0.2, -0.15) is 0 Å². The lowest BCUT2D eigenvalue weighted by molar-refractivity contribution is -0.144. The van der Waals surface area contributed by atoms with Crippen molar-refractivity contribution in [3.8, 4) is 5.75 Å². The molecule has 2 fully saturated rings. The maximum absolute atomic E-state index is 13.6. The highest BCUT2D eigenvalue weighted by atomic mass is 19.1. The molecule has 0 radical (unpaired) electrons. The van der Waals surface area contributed by atoms with Crippen molar-refractivity contribution < 1.29 is 23.5 Å². The summed E-state index contributed by atoms with van der Waals surface area (Å²) < 4.78 is 26.9. The number of halogens is 1. The Morgan fingerprint density at radius 3 is 2.86 bits per heavy atom. The molecule has 2 saturated heterocycles. The number of rotatable bonds is 3. The minimum atomic E-state index is -0.610. The molecular weight excluding hydrogens is 481 g/mol. The number of aryl methyl sites for hydroxylation is 2. The van der Waals surface area contributed by atoms with E-state index in [0.29, 0.717) is 74.5 Å². The molecule has 3 aliphatic rings. The number of benzene rings is 1. The standard InChI is InChI=1S/C26H28FN5O5/c1-15-10-22(33)32-23(29-15)19(13-28-32)24(34)30-18-12-26(36-14-18)6-8-31(9-7-26)25(35)20-5-3-16-2-4-17(27)11-21(16)37-20/h2,4,10-11,13,18,20,28H,3,5-9,12,14H2,1H3,(H,30,34). The van der Waals surface area contributed by atoms with Crippen molar-refractivity contribution in [2.24, 2.45) is 0 Å². The predicted octanol–water partition coefficient (Wildman–Crippen LogP) is 1.74. The van der Waals surface area contributed by atoms with Gasteiger partial charge in [-0.15, -0.1) is 0 Å². The molecule has 0 bridgehead atoms. The lowest BCUT2D eigenvalue weighted by Crippen LogP contribution is -2.51. The van der Waals surface area contributed by atoms with Gasteiger partial charge in [0.2, 0.25) is 0 Å². The number of amides is 2. The number of piperidine rings is 1. The van der Waals surface area contributed by atoms with Crippen molar-refractivity contribution >= 4 is 17.5 Å². The van der Waals surface area contributed by atoms with Crippen LogP contribution >= 0.6 is 0 Å². The number of nitrogens with one attached hydrogen (secondary N) is 2. The van der Waals surface area contributed by atoms with Crippen LogP contribution in [-0.4, -0.2) is 68.8 Å². The Kier molecular flexibility index (Phi) is 5.74. The molecule has 2 unspecified atom stereocenters. The normalized spacial score (nSPS) is 22.6. The molecule has 6 rings (SSSR count). The maximum Gasteiger partial charge on any atom is 0.272 e. The number of fused-ring (bicyclic) bond motifs is 2. The first-order chi connectivity index (χ1) is 17.8. The minimum Gasteiger partial charge on any atom is -0.480 e.